The number of benzene rings is 2. The van der Waals surface area contributed by atoms with Crippen molar-refractivity contribution in [1.82, 2.24) is 9.55 Å². The number of aryl methyl sites for hydroxylation is 1. The zero-order valence-electron chi connectivity index (χ0n) is 14.3. The Hall–Kier alpha value is -3.00. The Kier molecular flexibility index (Phi) is 5.66. The number of ether oxygens (including phenoxy) is 1. The number of hydrogen-bond donors (Lipinski definition) is 1. The molecular formula is C19H15BrFN3O3. The van der Waals surface area contributed by atoms with Crippen LogP contribution in [0.3, 0.4) is 0 Å². The van der Waals surface area contributed by atoms with E-state index in [1.807, 2.05) is 0 Å². The normalized spacial score (nSPS) is 10.5. The summed E-state index contributed by atoms with van der Waals surface area (Å²) in [4.78, 5) is 28.4. The van der Waals surface area contributed by atoms with Crippen molar-refractivity contribution < 1.29 is 18.7 Å². The van der Waals surface area contributed by atoms with E-state index in [0.717, 1.165) is 0 Å². The minimum absolute atomic E-state index is 0.204. The highest BCUT2D eigenvalue weighted by atomic mass is 79.9. The predicted octanol–water partition coefficient (Wildman–Crippen LogP) is 3.57. The number of hydrogen-bond acceptors (Lipinski definition) is 4. The van der Waals surface area contributed by atoms with E-state index in [1.165, 1.54) is 18.2 Å². The van der Waals surface area contributed by atoms with E-state index in [9.17, 15) is 14.0 Å². The Morgan fingerprint density at radius 2 is 1.96 bits per heavy atom. The first-order valence-electron chi connectivity index (χ1n) is 7.94. The Morgan fingerprint density at radius 1 is 1.22 bits per heavy atom. The number of carbonyl (C=O) groups is 2. The van der Waals surface area contributed by atoms with Gasteiger partial charge in [-0.25, -0.2) is 9.37 Å². The van der Waals surface area contributed by atoms with Gasteiger partial charge in [0.25, 0.3) is 5.91 Å². The molecular weight excluding hydrogens is 417 g/mol. The number of halogens is 2. The van der Waals surface area contributed by atoms with Crippen LogP contribution in [0.25, 0.3) is 0 Å². The number of imidazole rings is 1. The highest BCUT2D eigenvalue weighted by molar-refractivity contribution is 9.10. The van der Waals surface area contributed by atoms with Gasteiger partial charge in [0, 0.05) is 30.7 Å². The van der Waals surface area contributed by atoms with Gasteiger partial charge in [-0.15, -0.1) is 0 Å². The van der Waals surface area contributed by atoms with Crippen molar-refractivity contribution in [1.29, 1.82) is 0 Å². The molecule has 8 heteroatoms. The molecule has 0 atom stereocenters. The average Bonchev–Trinajstić information content (AvgIpc) is 3.07. The molecule has 1 heterocycles. The van der Waals surface area contributed by atoms with Crippen LogP contribution in [0.2, 0.25) is 0 Å². The lowest BCUT2D eigenvalue weighted by Gasteiger charge is -2.09. The van der Waals surface area contributed by atoms with Gasteiger partial charge in [-0.3, -0.25) is 9.59 Å². The molecule has 6 nitrogen and oxygen atoms in total. The van der Waals surface area contributed by atoms with E-state index >= 15 is 0 Å². The summed E-state index contributed by atoms with van der Waals surface area (Å²) in [5.41, 5.74) is 0.993. The molecule has 0 fully saturated rings. The number of anilines is 1. The van der Waals surface area contributed by atoms with Crippen LogP contribution < -0.4 is 10.1 Å². The SMILES string of the molecule is Cn1ccnc1C(=O)c1ccc(NC(=O)COc2ccc(F)cc2Br)cc1. The van der Waals surface area contributed by atoms with Gasteiger partial charge < -0.3 is 14.6 Å². The van der Waals surface area contributed by atoms with Gasteiger partial charge in [0.1, 0.15) is 11.6 Å². The second-order valence-electron chi connectivity index (χ2n) is 5.68. The lowest BCUT2D eigenvalue weighted by atomic mass is 10.1. The van der Waals surface area contributed by atoms with Crippen LogP contribution in [0.15, 0.2) is 59.3 Å². The van der Waals surface area contributed by atoms with Gasteiger partial charge in [-0.2, -0.15) is 0 Å². The van der Waals surface area contributed by atoms with E-state index in [0.29, 0.717) is 27.3 Å². The quantitative estimate of drug-likeness (QED) is 0.605. The first-order chi connectivity index (χ1) is 12.9. The predicted molar refractivity (Wildman–Crippen MR) is 101 cm³/mol. The molecule has 3 rings (SSSR count). The van der Waals surface area contributed by atoms with Gasteiger partial charge in [-0.1, -0.05) is 0 Å². The van der Waals surface area contributed by atoms with E-state index in [1.54, 1.807) is 48.3 Å². The number of nitrogens with one attached hydrogen (secondary N) is 1. The molecule has 1 amide bonds. The molecule has 27 heavy (non-hydrogen) atoms. The molecule has 0 bridgehead atoms. The van der Waals surface area contributed by atoms with Crippen LogP contribution in [0, 0.1) is 5.82 Å². The van der Waals surface area contributed by atoms with Crippen LogP contribution in [0.4, 0.5) is 10.1 Å². The zero-order valence-corrected chi connectivity index (χ0v) is 15.9. The second kappa shape index (κ2) is 8.13. The molecule has 1 aromatic heterocycles. The summed E-state index contributed by atoms with van der Waals surface area (Å²) < 4.78 is 20.5. The van der Waals surface area contributed by atoms with Gasteiger partial charge in [0.2, 0.25) is 5.78 Å². The molecule has 0 saturated carbocycles. The Labute approximate surface area is 163 Å². The van der Waals surface area contributed by atoms with Crippen molar-refractivity contribution in [3.63, 3.8) is 0 Å². The fourth-order valence-corrected chi connectivity index (χ4v) is 2.82. The summed E-state index contributed by atoms with van der Waals surface area (Å²) in [5, 5.41) is 2.67. The summed E-state index contributed by atoms with van der Waals surface area (Å²) in [6.45, 7) is -0.238. The Bertz CT molecular complexity index is 986. The molecule has 0 radical (unpaired) electrons. The number of carbonyl (C=O) groups excluding carboxylic acids is 2. The van der Waals surface area contributed by atoms with Crippen molar-refractivity contribution in [2.45, 2.75) is 0 Å². The summed E-state index contributed by atoms with van der Waals surface area (Å²) >= 11 is 3.17. The van der Waals surface area contributed by atoms with Crippen LogP contribution in [-0.4, -0.2) is 27.8 Å². The molecule has 0 aliphatic rings. The first-order valence-corrected chi connectivity index (χ1v) is 8.73. The maximum absolute atomic E-state index is 13.0. The van der Waals surface area contributed by atoms with E-state index in [-0.39, 0.29) is 18.3 Å². The van der Waals surface area contributed by atoms with Crippen molar-refractivity contribution in [2.24, 2.45) is 7.05 Å². The van der Waals surface area contributed by atoms with Crippen molar-refractivity contribution >= 4 is 33.3 Å². The van der Waals surface area contributed by atoms with Crippen LogP contribution in [-0.2, 0) is 11.8 Å². The van der Waals surface area contributed by atoms with Gasteiger partial charge >= 0.3 is 0 Å². The number of nitrogens with zero attached hydrogens (tertiary/aromatic N) is 2. The highest BCUT2D eigenvalue weighted by Crippen LogP contribution is 2.25. The Balaban J connectivity index is 1.58. The maximum atomic E-state index is 13.0. The minimum atomic E-state index is -0.404. The lowest BCUT2D eigenvalue weighted by molar-refractivity contribution is -0.118. The maximum Gasteiger partial charge on any atom is 0.262 e. The monoisotopic (exact) mass is 431 g/mol. The third-order valence-electron chi connectivity index (χ3n) is 3.71. The largest absolute Gasteiger partial charge is 0.483 e. The van der Waals surface area contributed by atoms with Crippen molar-refractivity contribution in [2.75, 3.05) is 11.9 Å². The summed E-state index contributed by atoms with van der Waals surface area (Å²) in [7, 11) is 1.74. The molecule has 0 aliphatic carbocycles. The summed E-state index contributed by atoms with van der Waals surface area (Å²) in [6, 6.07) is 10.4. The van der Waals surface area contributed by atoms with Gasteiger partial charge in [0.05, 0.1) is 4.47 Å². The summed E-state index contributed by atoms with van der Waals surface area (Å²) in [6.07, 6.45) is 3.25. The smallest absolute Gasteiger partial charge is 0.262 e. The molecule has 0 saturated heterocycles. The third-order valence-corrected chi connectivity index (χ3v) is 4.33. The van der Waals surface area contributed by atoms with Crippen LogP contribution in [0.1, 0.15) is 16.2 Å². The topological polar surface area (TPSA) is 73.2 Å². The first kappa shape index (κ1) is 18.8. The molecule has 0 aliphatic heterocycles. The van der Waals surface area contributed by atoms with E-state index < -0.39 is 5.82 Å². The zero-order chi connectivity index (χ0) is 19.4. The number of ketones is 1. The molecule has 0 unspecified atom stereocenters. The fourth-order valence-electron chi connectivity index (χ4n) is 2.35. The van der Waals surface area contributed by atoms with Crippen LogP contribution >= 0.6 is 15.9 Å². The highest BCUT2D eigenvalue weighted by Gasteiger charge is 2.14. The standard InChI is InChI=1S/C19H15BrFN3O3/c1-24-9-8-22-19(24)18(26)12-2-5-14(6-3-12)23-17(25)11-27-16-7-4-13(21)10-15(16)20/h2-10H,11H2,1H3,(H,23,25). The third kappa shape index (κ3) is 4.59. The average molecular weight is 432 g/mol. The molecule has 0 spiro atoms. The minimum Gasteiger partial charge on any atom is -0.483 e. The molecule has 1 N–H and O–H groups in total. The van der Waals surface area contributed by atoms with Gasteiger partial charge in [-0.05, 0) is 58.4 Å². The Morgan fingerprint density at radius 3 is 2.59 bits per heavy atom. The molecule has 138 valence electrons. The second-order valence-corrected chi connectivity index (χ2v) is 6.53. The van der Waals surface area contributed by atoms with Crippen LogP contribution in [0.5, 0.6) is 5.75 Å². The fraction of sp³-hybridized carbons (Fsp3) is 0.105. The number of aromatic nitrogens is 2. The van der Waals surface area contributed by atoms with E-state index in [4.69, 9.17) is 4.74 Å². The summed E-state index contributed by atoms with van der Waals surface area (Å²) in [5.74, 6) is -0.286. The molecule has 2 aromatic carbocycles. The van der Waals surface area contributed by atoms with E-state index in [2.05, 4.69) is 26.2 Å². The number of rotatable bonds is 6. The van der Waals surface area contributed by atoms with Crippen molar-refractivity contribution in [3.8, 4) is 5.75 Å². The van der Waals surface area contributed by atoms with Gasteiger partial charge in [0.15, 0.2) is 12.4 Å². The van der Waals surface area contributed by atoms with Crippen molar-refractivity contribution in [3.05, 3.63) is 76.5 Å². The lowest BCUT2D eigenvalue weighted by Crippen LogP contribution is -2.20. The molecule has 3 aromatic rings. The number of amides is 1.